The van der Waals surface area contributed by atoms with Gasteiger partial charge in [0, 0.05) is 6.54 Å². The lowest BCUT2D eigenvalue weighted by atomic mass is 10.1. The van der Waals surface area contributed by atoms with E-state index in [4.69, 9.17) is 4.74 Å². The molecule has 0 aromatic heterocycles. The molecule has 1 saturated heterocycles. The molecule has 0 bridgehead atoms. The van der Waals surface area contributed by atoms with E-state index in [-0.39, 0.29) is 36.8 Å². The number of amides is 1. The van der Waals surface area contributed by atoms with Crippen molar-refractivity contribution in [3.63, 3.8) is 0 Å². The van der Waals surface area contributed by atoms with E-state index in [0.29, 0.717) is 6.07 Å². The highest BCUT2D eigenvalue weighted by atomic mass is 32.2. The topological polar surface area (TPSA) is 46.6 Å². The van der Waals surface area contributed by atoms with Gasteiger partial charge < -0.3 is 9.64 Å². The number of thioether (sulfide) groups is 1. The highest BCUT2D eigenvalue weighted by molar-refractivity contribution is 8.00. The van der Waals surface area contributed by atoms with E-state index >= 15 is 0 Å². The molecule has 24 heavy (non-hydrogen) atoms. The van der Waals surface area contributed by atoms with Crippen molar-refractivity contribution in [1.82, 2.24) is 4.90 Å². The number of ether oxygens (including phenoxy) is 1. The van der Waals surface area contributed by atoms with Crippen molar-refractivity contribution in [3.8, 4) is 0 Å². The van der Waals surface area contributed by atoms with Gasteiger partial charge in [0.2, 0.25) is 5.91 Å². The van der Waals surface area contributed by atoms with Gasteiger partial charge in [0.1, 0.15) is 11.2 Å². The van der Waals surface area contributed by atoms with Crippen LogP contribution in [-0.2, 0) is 20.5 Å². The normalized spacial score (nSPS) is 18.1. The molecule has 1 atom stereocenters. The Balaban J connectivity index is 2.16. The van der Waals surface area contributed by atoms with Gasteiger partial charge in [-0.3, -0.25) is 9.59 Å². The maximum absolute atomic E-state index is 13.7. The zero-order valence-corrected chi connectivity index (χ0v) is 13.5. The van der Waals surface area contributed by atoms with Crippen LogP contribution in [0, 0.1) is 5.82 Å². The molecule has 1 aromatic rings. The van der Waals surface area contributed by atoms with E-state index in [1.807, 2.05) is 0 Å². The number of esters is 1. The van der Waals surface area contributed by atoms with E-state index in [1.54, 1.807) is 6.92 Å². The Hall–Kier alpha value is -1.77. The van der Waals surface area contributed by atoms with Crippen LogP contribution in [0.4, 0.5) is 17.6 Å². The van der Waals surface area contributed by atoms with Gasteiger partial charge in [-0.1, -0.05) is 6.07 Å². The van der Waals surface area contributed by atoms with Crippen LogP contribution < -0.4 is 0 Å². The van der Waals surface area contributed by atoms with E-state index < -0.39 is 28.9 Å². The molecule has 1 aliphatic heterocycles. The largest absolute Gasteiger partial charge is 0.466 e. The zero-order chi connectivity index (χ0) is 17.9. The first-order valence-electron chi connectivity index (χ1n) is 7.17. The predicted molar refractivity (Wildman–Crippen MR) is 79.6 cm³/mol. The number of rotatable bonds is 5. The molecule has 0 N–H and O–H groups in total. The van der Waals surface area contributed by atoms with E-state index in [0.717, 1.165) is 12.1 Å². The second kappa shape index (κ2) is 7.42. The van der Waals surface area contributed by atoms with Crippen molar-refractivity contribution in [1.29, 1.82) is 0 Å². The van der Waals surface area contributed by atoms with Gasteiger partial charge in [-0.2, -0.15) is 13.2 Å². The maximum atomic E-state index is 13.7. The van der Waals surface area contributed by atoms with Gasteiger partial charge in [-0.25, -0.2) is 4.39 Å². The number of hydrogen-bond donors (Lipinski definition) is 0. The van der Waals surface area contributed by atoms with Crippen LogP contribution in [0.25, 0.3) is 0 Å². The van der Waals surface area contributed by atoms with Crippen molar-refractivity contribution >= 4 is 23.6 Å². The summed E-state index contributed by atoms with van der Waals surface area (Å²) in [6.45, 7) is 1.94. The smallest absolute Gasteiger partial charge is 0.419 e. The summed E-state index contributed by atoms with van der Waals surface area (Å²) in [7, 11) is 0. The Labute approximate surface area is 140 Å². The summed E-state index contributed by atoms with van der Waals surface area (Å²) in [5.74, 6) is -1.99. The van der Waals surface area contributed by atoms with Crippen LogP contribution in [0.3, 0.4) is 0 Å². The van der Waals surface area contributed by atoms with Crippen LogP contribution in [0.1, 0.15) is 29.8 Å². The highest BCUT2D eigenvalue weighted by Gasteiger charge is 2.37. The second-order valence-corrected chi connectivity index (χ2v) is 6.11. The lowest BCUT2D eigenvalue weighted by Gasteiger charge is -2.24. The molecule has 1 aliphatic rings. The van der Waals surface area contributed by atoms with Gasteiger partial charge in [-0.05, 0) is 24.6 Å². The average Bonchev–Trinajstić information content (AvgIpc) is 2.85. The molecule has 9 heteroatoms. The minimum absolute atomic E-state index is 0.0280. The Kier molecular flexibility index (Phi) is 5.74. The van der Waals surface area contributed by atoms with Gasteiger partial charge >= 0.3 is 12.1 Å². The fourth-order valence-electron chi connectivity index (χ4n) is 2.33. The Morgan fingerprint density at radius 1 is 1.42 bits per heavy atom. The minimum Gasteiger partial charge on any atom is -0.466 e. The van der Waals surface area contributed by atoms with Gasteiger partial charge in [-0.15, -0.1) is 11.8 Å². The van der Waals surface area contributed by atoms with E-state index in [2.05, 4.69) is 0 Å². The first-order valence-corrected chi connectivity index (χ1v) is 8.22. The van der Waals surface area contributed by atoms with Crippen molar-refractivity contribution in [2.24, 2.45) is 0 Å². The quantitative estimate of drug-likeness (QED) is 0.593. The number of benzene rings is 1. The molecule has 4 nitrogen and oxygen atoms in total. The third-order valence-electron chi connectivity index (χ3n) is 3.41. The molecule has 1 amide bonds. The Morgan fingerprint density at radius 3 is 2.71 bits per heavy atom. The van der Waals surface area contributed by atoms with Crippen molar-refractivity contribution in [2.45, 2.75) is 24.9 Å². The summed E-state index contributed by atoms with van der Waals surface area (Å²) in [5, 5.41) is -0.622. The fourth-order valence-corrected chi connectivity index (χ4v) is 3.54. The molecule has 0 spiro atoms. The molecule has 1 heterocycles. The molecule has 1 fully saturated rings. The fraction of sp³-hybridized carbons (Fsp3) is 0.467. The van der Waals surface area contributed by atoms with E-state index in [9.17, 15) is 27.2 Å². The Morgan fingerprint density at radius 2 is 2.12 bits per heavy atom. The lowest BCUT2D eigenvalue weighted by Crippen LogP contribution is -2.31. The summed E-state index contributed by atoms with van der Waals surface area (Å²) in [4.78, 5) is 24.7. The first-order chi connectivity index (χ1) is 11.2. The summed E-state index contributed by atoms with van der Waals surface area (Å²) in [6, 6.07) is 2.60. The molecule has 1 unspecified atom stereocenters. The summed E-state index contributed by atoms with van der Waals surface area (Å²) in [6.07, 6.45) is -4.80. The monoisotopic (exact) mass is 365 g/mol. The number of alkyl halides is 3. The van der Waals surface area contributed by atoms with Crippen molar-refractivity contribution in [3.05, 3.63) is 35.1 Å². The SMILES string of the molecule is CCOC(=O)CCN1C(=O)CSC1c1ccc(C(F)(F)F)c(F)c1. The molecule has 132 valence electrons. The van der Waals surface area contributed by atoms with Crippen LogP contribution in [0.5, 0.6) is 0 Å². The molecular weight excluding hydrogens is 350 g/mol. The predicted octanol–water partition coefficient (Wildman–Crippen LogP) is 3.37. The van der Waals surface area contributed by atoms with E-state index in [1.165, 1.54) is 16.7 Å². The number of hydrogen-bond acceptors (Lipinski definition) is 4. The first kappa shape index (κ1) is 18.6. The van der Waals surface area contributed by atoms with Crippen molar-refractivity contribution < 1.29 is 31.9 Å². The second-order valence-electron chi connectivity index (χ2n) is 5.04. The lowest BCUT2D eigenvalue weighted by molar-refractivity contribution is -0.144. The number of carbonyl (C=O) groups is 2. The molecule has 0 radical (unpaired) electrons. The van der Waals surface area contributed by atoms with Crippen LogP contribution in [-0.4, -0.2) is 35.7 Å². The van der Waals surface area contributed by atoms with Gasteiger partial charge in [0.25, 0.3) is 0 Å². The maximum Gasteiger partial charge on any atom is 0.419 e. The highest BCUT2D eigenvalue weighted by Crippen LogP contribution is 2.40. The third kappa shape index (κ3) is 4.19. The summed E-state index contributed by atoms with van der Waals surface area (Å²) >= 11 is 1.18. The number of nitrogens with zero attached hydrogens (tertiary/aromatic N) is 1. The number of halogens is 4. The molecule has 1 aromatic carbocycles. The van der Waals surface area contributed by atoms with Crippen molar-refractivity contribution in [2.75, 3.05) is 18.9 Å². The van der Waals surface area contributed by atoms with Gasteiger partial charge in [0.05, 0.1) is 24.3 Å². The van der Waals surface area contributed by atoms with Crippen LogP contribution >= 0.6 is 11.8 Å². The zero-order valence-electron chi connectivity index (χ0n) is 12.7. The van der Waals surface area contributed by atoms with Crippen LogP contribution in [0.15, 0.2) is 18.2 Å². The van der Waals surface area contributed by atoms with Crippen LogP contribution in [0.2, 0.25) is 0 Å². The summed E-state index contributed by atoms with van der Waals surface area (Å²) < 4.78 is 56.4. The average molecular weight is 365 g/mol. The molecular formula is C15H15F4NO3S. The molecule has 0 saturated carbocycles. The minimum atomic E-state index is -4.77. The standard InChI is InChI=1S/C15H15F4NO3S/c1-2-23-13(22)5-6-20-12(21)8-24-14(20)9-3-4-10(11(16)7-9)15(17,18)19/h3-4,7,14H,2,5-6,8H2,1H3. The molecule has 2 rings (SSSR count). The molecule has 0 aliphatic carbocycles. The number of carbonyl (C=O) groups excluding carboxylic acids is 2. The summed E-state index contributed by atoms with van der Waals surface area (Å²) in [5.41, 5.74) is -1.10. The van der Waals surface area contributed by atoms with Gasteiger partial charge in [0.15, 0.2) is 0 Å². The Bertz CT molecular complexity index is 636. The third-order valence-corrected chi connectivity index (χ3v) is 4.67.